The van der Waals surface area contributed by atoms with E-state index in [0.29, 0.717) is 12.6 Å². The molecule has 2 aliphatic rings. The monoisotopic (exact) mass is 304 g/mol. The van der Waals surface area contributed by atoms with Crippen molar-refractivity contribution in [2.45, 2.75) is 62.8 Å². The molecular weight excluding hydrogens is 279 g/mol. The molecule has 0 aliphatic heterocycles. The van der Waals surface area contributed by atoms with E-state index in [-0.39, 0.29) is 17.3 Å². The average Bonchev–Trinajstić information content (AvgIpc) is 3.31. The summed E-state index contributed by atoms with van der Waals surface area (Å²) in [5, 5.41) is 6.13. The van der Waals surface area contributed by atoms with Gasteiger partial charge in [-0.2, -0.15) is 0 Å². The number of benzene rings is 1. The predicted molar refractivity (Wildman–Crippen MR) is 85.3 cm³/mol. The van der Waals surface area contributed by atoms with Crippen LogP contribution >= 0.6 is 0 Å². The molecule has 0 atom stereocenters. The van der Waals surface area contributed by atoms with Gasteiger partial charge in [0.25, 0.3) is 0 Å². The summed E-state index contributed by atoms with van der Waals surface area (Å²) in [6.07, 6.45) is 9.30. The van der Waals surface area contributed by atoms with Crippen molar-refractivity contribution in [2.24, 2.45) is 0 Å². The molecule has 120 valence electrons. The first-order valence-electron chi connectivity index (χ1n) is 8.48. The normalized spacial score (nSPS) is 21.0. The van der Waals surface area contributed by atoms with Gasteiger partial charge in [-0.05, 0) is 43.4 Å². The first-order chi connectivity index (χ1) is 10.7. The van der Waals surface area contributed by atoms with E-state index in [2.05, 4.69) is 10.6 Å². The molecule has 1 aromatic rings. The SMILES string of the molecule is O=C(NCC1(c2ccc(F)cc2)CC1)NC1CCCCCC1. The molecule has 2 aliphatic carbocycles. The molecule has 0 unspecified atom stereocenters. The van der Waals surface area contributed by atoms with Gasteiger partial charge in [-0.25, -0.2) is 9.18 Å². The van der Waals surface area contributed by atoms with Gasteiger partial charge in [0.15, 0.2) is 0 Å². The summed E-state index contributed by atoms with van der Waals surface area (Å²) in [4.78, 5) is 12.1. The van der Waals surface area contributed by atoms with Crippen LogP contribution in [0.2, 0.25) is 0 Å². The minimum atomic E-state index is -0.210. The van der Waals surface area contributed by atoms with Gasteiger partial charge < -0.3 is 10.6 Å². The standard InChI is InChI=1S/C18H25FN2O/c19-15-9-7-14(8-10-15)18(11-12-18)13-20-17(22)21-16-5-3-1-2-4-6-16/h7-10,16H,1-6,11-13H2,(H2,20,21,22). The van der Waals surface area contributed by atoms with E-state index in [1.165, 1.54) is 37.8 Å². The van der Waals surface area contributed by atoms with Gasteiger partial charge >= 0.3 is 6.03 Å². The Kier molecular flexibility index (Phi) is 4.65. The molecule has 0 bridgehead atoms. The summed E-state index contributed by atoms with van der Waals surface area (Å²) in [6, 6.07) is 6.95. The van der Waals surface area contributed by atoms with E-state index in [1.54, 1.807) is 0 Å². The zero-order valence-corrected chi connectivity index (χ0v) is 13.0. The Morgan fingerprint density at radius 1 is 1.09 bits per heavy atom. The van der Waals surface area contributed by atoms with Crippen molar-refractivity contribution in [2.75, 3.05) is 6.54 Å². The number of carbonyl (C=O) groups is 1. The lowest BCUT2D eigenvalue weighted by Crippen LogP contribution is -2.44. The van der Waals surface area contributed by atoms with Crippen molar-refractivity contribution in [1.82, 2.24) is 10.6 Å². The Hall–Kier alpha value is -1.58. The second-order valence-electron chi connectivity index (χ2n) is 6.80. The maximum Gasteiger partial charge on any atom is 0.315 e. The quantitative estimate of drug-likeness (QED) is 0.814. The number of rotatable bonds is 4. The highest BCUT2D eigenvalue weighted by atomic mass is 19.1. The van der Waals surface area contributed by atoms with E-state index in [1.807, 2.05) is 12.1 Å². The van der Waals surface area contributed by atoms with Crippen molar-refractivity contribution in [3.8, 4) is 0 Å². The average molecular weight is 304 g/mol. The van der Waals surface area contributed by atoms with E-state index in [4.69, 9.17) is 0 Å². The molecular formula is C18H25FN2O. The third-order valence-corrected chi connectivity index (χ3v) is 5.09. The maximum absolute atomic E-state index is 13.0. The third kappa shape index (κ3) is 3.79. The molecule has 4 heteroatoms. The fourth-order valence-corrected chi connectivity index (χ4v) is 3.43. The maximum atomic E-state index is 13.0. The fourth-order valence-electron chi connectivity index (χ4n) is 3.43. The van der Waals surface area contributed by atoms with Gasteiger partial charge in [0.2, 0.25) is 0 Å². The Bertz CT molecular complexity index is 502. The molecule has 2 N–H and O–H groups in total. The molecule has 2 saturated carbocycles. The molecule has 0 saturated heterocycles. The van der Waals surface area contributed by atoms with Crippen LogP contribution in [-0.2, 0) is 5.41 Å². The van der Waals surface area contributed by atoms with Gasteiger partial charge in [0, 0.05) is 18.0 Å². The van der Waals surface area contributed by atoms with E-state index >= 15 is 0 Å². The fraction of sp³-hybridized carbons (Fsp3) is 0.611. The summed E-state index contributed by atoms with van der Waals surface area (Å²) >= 11 is 0. The number of halogens is 1. The van der Waals surface area contributed by atoms with Crippen LogP contribution in [0.3, 0.4) is 0 Å². The van der Waals surface area contributed by atoms with Crippen molar-refractivity contribution < 1.29 is 9.18 Å². The minimum absolute atomic E-state index is 0.0223. The van der Waals surface area contributed by atoms with Crippen LogP contribution in [0.25, 0.3) is 0 Å². The Morgan fingerprint density at radius 2 is 1.73 bits per heavy atom. The zero-order chi connectivity index (χ0) is 15.4. The number of urea groups is 1. The Morgan fingerprint density at radius 3 is 2.32 bits per heavy atom. The molecule has 0 heterocycles. The molecule has 22 heavy (non-hydrogen) atoms. The highest BCUT2D eigenvalue weighted by Gasteiger charge is 2.44. The molecule has 2 amide bonds. The summed E-state index contributed by atoms with van der Waals surface area (Å²) in [5.74, 6) is -0.210. The number of amides is 2. The van der Waals surface area contributed by atoms with Gasteiger partial charge in [0.1, 0.15) is 5.82 Å². The molecule has 0 radical (unpaired) electrons. The van der Waals surface area contributed by atoms with Crippen molar-refractivity contribution in [3.63, 3.8) is 0 Å². The lowest BCUT2D eigenvalue weighted by Gasteiger charge is -2.20. The summed E-state index contributed by atoms with van der Waals surface area (Å²) in [6.45, 7) is 0.636. The van der Waals surface area contributed by atoms with Crippen LogP contribution in [0.4, 0.5) is 9.18 Å². The predicted octanol–water partition coefficient (Wildman–Crippen LogP) is 3.88. The molecule has 0 spiro atoms. The Labute approximate surface area is 131 Å². The highest BCUT2D eigenvalue weighted by Crippen LogP contribution is 2.47. The summed E-state index contributed by atoms with van der Waals surface area (Å²) in [5.41, 5.74) is 1.15. The van der Waals surface area contributed by atoms with E-state index in [0.717, 1.165) is 31.2 Å². The molecule has 0 aromatic heterocycles. The first-order valence-corrected chi connectivity index (χ1v) is 8.48. The van der Waals surface area contributed by atoms with Crippen molar-refractivity contribution >= 4 is 6.03 Å². The van der Waals surface area contributed by atoms with Crippen LogP contribution in [-0.4, -0.2) is 18.6 Å². The van der Waals surface area contributed by atoms with Crippen molar-refractivity contribution in [1.29, 1.82) is 0 Å². The molecule has 2 fully saturated rings. The van der Waals surface area contributed by atoms with Crippen LogP contribution in [0.5, 0.6) is 0 Å². The number of hydrogen-bond donors (Lipinski definition) is 2. The number of carbonyl (C=O) groups excluding carboxylic acids is 1. The molecule has 3 rings (SSSR count). The van der Waals surface area contributed by atoms with Crippen molar-refractivity contribution in [3.05, 3.63) is 35.6 Å². The minimum Gasteiger partial charge on any atom is -0.337 e. The second kappa shape index (κ2) is 6.67. The van der Waals surface area contributed by atoms with Gasteiger partial charge in [-0.1, -0.05) is 37.8 Å². The molecule has 1 aromatic carbocycles. The van der Waals surface area contributed by atoms with Crippen LogP contribution in [0, 0.1) is 5.82 Å². The summed E-state index contributed by atoms with van der Waals surface area (Å²) in [7, 11) is 0. The van der Waals surface area contributed by atoms with Gasteiger partial charge in [0.05, 0.1) is 0 Å². The van der Waals surface area contributed by atoms with Gasteiger partial charge in [-0.15, -0.1) is 0 Å². The lowest BCUT2D eigenvalue weighted by atomic mass is 9.96. The van der Waals surface area contributed by atoms with Gasteiger partial charge in [-0.3, -0.25) is 0 Å². The van der Waals surface area contributed by atoms with E-state index in [9.17, 15) is 9.18 Å². The molecule has 3 nitrogen and oxygen atoms in total. The first kappa shape index (κ1) is 15.3. The van der Waals surface area contributed by atoms with Crippen LogP contribution in [0.1, 0.15) is 56.9 Å². The zero-order valence-electron chi connectivity index (χ0n) is 13.0. The topological polar surface area (TPSA) is 41.1 Å². The largest absolute Gasteiger partial charge is 0.337 e. The van der Waals surface area contributed by atoms with E-state index < -0.39 is 0 Å². The number of hydrogen-bond acceptors (Lipinski definition) is 1. The Balaban J connectivity index is 1.49. The lowest BCUT2D eigenvalue weighted by molar-refractivity contribution is 0.234. The van der Waals surface area contributed by atoms with Crippen LogP contribution in [0.15, 0.2) is 24.3 Å². The second-order valence-corrected chi connectivity index (χ2v) is 6.80. The van der Waals surface area contributed by atoms with Crippen LogP contribution < -0.4 is 10.6 Å². The summed E-state index contributed by atoms with van der Waals surface area (Å²) < 4.78 is 13.0. The highest BCUT2D eigenvalue weighted by molar-refractivity contribution is 5.74. The smallest absolute Gasteiger partial charge is 0.315 e. The third-order valence-electron chi connectivity index (χ3n) is 5.09. The number of nitrogens with one attached hydrogen (secondary N) is 2.